The highest BCUT2D eigenvalue weighted by Gasteiger charge is 2.44. The summed E-state index contributed by atoms with van der Waals surface area (Å²) in [4.78, 5) is 0. The van der Waals surface area contributed by atoms with E-state index >= 15 is 0 Å². The third kappa shape index (κ3) is 5.40. The fourth-order valence-electron chi connectivity index (χ4n) is 3.63. The summed E-state index contributed by atoms with van der Waals surface area (Å²) >= 11 is 0. The van der Waals surface area contributed by atoms with Gasteiger partial charge in [0.15, 0.2) is 0 Å². The van der Waals surface area contributed by atoms with Crippen molar-refractivity contribution in [3.63, 3.8) is 0 Å². The van der Waals surface area contributed by atoms with E-state index in [9.17, 15) is 0 Å². The second kappa shape index (κ2) is 9.55. The van der Waals surface area contributed by atoms with Crippen LogP contribution >= 0.6 is 0 Å². The summed E-state index contributed by atoms with van der Waals surface area (Å²) in [5.74, 6) is 3.82. The average Bonchev–Trinajstić information content (AvgIpc) is 3.47. The second-order valence-corrected chi connectivity index (χ2v) is 6.30. The van der Waals surface area contributed by atoms with Crippen molar-refractivity contribution in [1.29, 1.82) is 0 Å². The molecule has 2 saturated heterocycles. The van der Waals surface area contributed by atoms with Gasteiger partial charge in [0, 0.05) is 14.2 Å². The predicted octanol–water partition coefficient (Wildman–Crippen LogP) is 1.40. The maximum atomic E-state index is 7.00. The normalized spacial score (nSPS) is 39.3. The summed E-state index contributed by atoms with van der Waals surface area (Å²) in [7, 11) is 2.00. The molecule has 23 heavy (non-hydrogen) atoms. The van der Waals surface area contributed by atoms with E-state index in [1.807, 2.05) is 0 Å². The van der Waals surface area contributed by atoms with Gasteiger partial charge < -0.3 is 24.4 Å². The quantitative estimate of drug-likeness (QED) is 0.603. The molecule has 0 spiro atoms. The summed E-state index contributed by atoms with van der Waals surface area (Å²) in [5, 5.41) is 14.0. The first-order valence-electron chi connectivity index (χ1n) is 8.45. The summed E-state index contributed by atoms with van der Waals surface area (Å²) < 4.78 is 15.1. The summed E-state index contributed by atoms with van der Waals surface area (Å²) in [6, 6.07) is 0. The minimum atomic E-state index is 0.392. The first-order chi connectivity index (χ1) is 11.4. The molecule has 0 aromatic heterocycles. The molecule has 2 aliphatic heterocycles. The topological polar surface area (TPSA) is 74.8 Å². The number of allylic oxidation sites excluding steroid dienone is 4. The third-order valence-corrected chi connectivity index (χ3v) is 4.87. The Morgan fingerprint density at radius 3 is 2.00 bits per heavy atom. The van der Waals surface area contributed by atoms with E-state index in [1.54, 1.807) is 0 Å². The Balaban J connectivity index is 0.000000139. The predicted molar refractivity (Wildman–Crippen MR) is 88.1 cm³/mol. The summed E-state index contributed by atoms with van der Waals surface area (Å²) in [6.07, 6.45) is 13.3. The van der Waals surface area contributed by atoms with Gasteiger partial charge in [0.1, 0.15) is 12.2 Å². The van der Waals surface area contributed by atoms with Crippen molar-refractivity contribution in [3.05, 3.63) is 24.3 Å². The van der Waals surface area contributed by atoms with Crippen molar-refractivity contribution in [2.24, 2.45) is 23.7 Å². The minimum Gasteiger partial charge on any atom is -0.400 e. The number of epoxide rings is 2. The first-order valence-corrected chi connectivity index (χ1v) is 8.45. The first kappa shape index (κ1) is 18.6. The maximum absolute atomic E-state index is 7.00. The zero-order chi connectivity index (χ0) is 16.7. The van der Waals surface area contributed by atoms with Gasteiger partial charge in [-0.2, -0.15) is 0 Å². The Hall–Kier alpha value is -0.720. The number of aliphatic hydroxyl groups excluding tert-OH is 2. The number of rotatable bonds is 4. The standard InChI is InChI=1S/C10H12.C6H10O3.2CH4O/c1-2-9-7-4-5-8(6-7)10(9)3-1;1(5-3-8-5)7-2-6-4-9-6;2*1-2/h1-2,4-5,7-10H,3,6H2;5-6H,1-4H2;2*2H,1H3. The lowest BCUT2D eigenvalue weighted by molar-refractivity contribution is 0.102. The van der Waals surface area contributed by atoms with Crippen LogP contribution in [-0.4, -0.2) is 63.1 Å². The molecule has 2 N–H and O–H groups in total. The van der Waals surface area contributed by atoms with E-state index in [-0.39, 0.29) is 0 Å². The van der Waals surface area contributed by atoms with Gasteiger partial charge in [-0.15, -0.1) is 0 Å². The lowest BCUT2D eigenvalue weighted by Crippen LogP contribution is -2.12. The van der Waals surface area contributed by atoms with Gasteiger partial charge in [-0.25, -0.2) is 0 Å². The molecule has 2 heterocycles. The van der Waals surface area contributed by atoms with Crippen LogP contribution in [0.3, 0.4) is 0 Å². The minimum absolute atomic E-state index is 0.392. The monoisotopic (exact) mass is 326 g/mol. The lowest BCUT2D eigenvalue weighted by atomic mass is 9.86. The third-order valence-electron chi connectivity index (χ3n) is 4.87. The van der Waals surface area contributed by atoms with Gasteiger partial charge in [0.25, 0.3) is 0 Å². The average molecular weight is 326 g/mol. The fourth-order valence-corrected chi connectivity index (χ4v) is 3.63. The van der Waals surface area contributed by atoms with Crippen LogP contribution in [0.25, 0.3) is 0 Å². The van der Waals surface area contributed by atoms with E-state index in [1.165, 1.54) is 12.8 Å². The van der Waals surface area contributed by atoms with E-state index < -0.39 is 0 Å². The van der Waals surface area contributed by atoms with Crippen molar-refractivity contribution in [2.75, 3.05) is 40.6 Å². The number of aliphatic hydroxyl groups is 2. The van der Waals surface area contributed by atoms with E-state index in [2.05, 4.69) is 24.3 Å². The zero-order valence-electron chi connectivity index (χ0n) is 14.1. The molecule has 5 rings (SSSR count). The molecule has 0 aromatic carbocycles. The molecule has 2 bridgehead atoms. The van der Waals surface area contributed by atoms with Crippen LogP contribution in [0.15, 0.2) is 24.3 Å². The Bertz CT molecular complexity index is 375. The van der Waals surface area contributed by atoms with Crippen molar-refractivity contribution in [1.82, 2.24) is 0 Å². The molecular formula is C18H30O5. The Kier molecular flexibility index (Phi) is 7.73. The molecule has 6 atom stereocenters. The summed E-state index contributed by atoms with van der Waals surface area (Å²) in [6.45, 7) is 3.26. The molecule has 0 aromatic rings. The van der Waals surface area contributed by atoms with Gasteiger partial charge in [0.2, 0.25) is 0 Å². The number of fused-ring (bicyclic) bond motifs is 5. The van der Waals surface area contributed by atoms with Gasteiger partial charge in [0.05, 0.1) is 26.4 Å². The highest BCUT2D eigenvalue weighted by molar-refractivity contribution is 5.21. The Morgan fingerprint density at radius 2 is 1.48 bits per heavy atom. The fraction of sp³-hybridized carbons (Fsp3) is 0.778. The molecule has 5 aliphatic rings. The van der Waals surface area contributed by atoms with E-state index in [0.29, 0.717) is 12.2 Å². The maximum Gasteiger partial charge on any atom is 0.104 e. The summed E-state index contributed by atoms with van der Waals surface area (Å²) in [5.41, 5.74) is 0. The van der Waals surface area contributed by atoms with Crippen LogP contribution in [-0.2, 0) is 14.2 Å². The van der Waals surface area contributed by atoms with Crippen LogP contribution in [0.2, 0.25) is 0 Å². The molecule has 5 nitrogen and oxygen atoms in total. The SMILES string of the molecule is C(OCC1CO1)C1CO1.C1=CC2C3C=CC(C3)C2C1.CO.CO. The van der Waals surface area contributed by atoms with Crippen LogP contribution in [0.1, 0.15) is 12.8 Å². The number of hydrogen-bond acceptors (Lipinski definition) is 5. The Morgan fingerprint density at radius 1 is 0.913 bits per heavy atom. The molecule has 3 fully saturated rings. The van der Waals surface area contributed by atoms with Crippen molar-refractivity contribution in [3.8, 4) is 0 Å². The molecule has 0 radical (unpaired) electrons. The van der Waals surface area contributed by atoms with Crippen molar-refractivity contribution in [2.45, 2.75) is 25.0 Å². The number of ether oxygens (including phenoxy) is 3. The smallest absolute Gasteiger partial charge is 0.104 e. The molecule has 3 aliphatic carbocycles. The molecular weight excluding hydrogens is 296 g/mol. The number of hydrogen-bond donors (Lipinski definition) is 2. The van der Waals surface area contributed by atoms with Crippen molar-refractivity contribution >= 4 is 0 Å². The lowest BCUT2D eigenvalue weighted by Gasteiger charge is -2.18. The largest absolute Gasteiger partial charge is 0.400 e. The van der Waals surface area contributed by atoms with Crippen LogP contribution in [0, 0.1) is 23.7 Å². The van der Waals surface area contributed by atoms with Gasteiger partial charge in [-0.1, -0.05) is 24.3 Å². The highest BCUT2D eigenvalue weighted by atomic mass is 16.6. The second-order valence-electron chi connectivity index (χ2n) is 6.30. The van der Waals surface area contributed by atoms with Gasteiger partial charge in [-0.3, -0.25) is 0 Å². The van der Waals surface area contributed by atoms with E-state index in [4.69, 9.17) is 24.4 Å². The van der Waals surface area contributed by atoms with E-state index in [0.717, 1.165) is 64.3 Å². The van der Waals surface area contributed by atoms with Gasteiger partial charge >= 0.3 is 0 Å². The van der Waals surface area contributed by atoms with Gasteiger partial charge in [-0.05, 0) is 36.5 Å². The van der Waals surface area contributed by atoms with Crippen LogP contribution in [0.4, 0.5) is 0 Å². The van der Waals surface area contributed by atoms with Crippen molar-refractivity contribution < 1.29 is 24.4 Å². The molecule has 6 unspecified atom stereocenters. The Labute approximate surface area is 138 Å². The van der Waals surface area contributed by atoms with Crippen LogP contribution < -0.4 is 0 Å². The molecule has 5 heteroatoms. The van der Waals surface area contributed by atoms with Crippen LogP contribution in [0.5, 0.6) is 0 Å². The molecule has 1 saturated carbocycles. The molecule has 0 amide bonds. The molecule has 132 valence electrons. The highest BCUT2D eigenvalue weighted by Crippen LogP contribution is 2.52. The zero-order valence-corrected chi connectivity index (χ0v) is 14.1.